The van der Waals surface area contributed by atoms with Crippen LogP contribution in [0.4, 0.5) is 38.1 Å². The SMILES string of the molecule is CC1(C)[C@H](CO)C[C@@H]1Nc1nc(NCc2ccccc2C(F)(F)F)ncc1C(F)(F)F. The molecule has 1 aliphatic rings. The molecule has 5 nitrogen and oxygen atoms in total. The molecule has 2 atom stereocenters. The number of aliphatic hydroxyl groups is 1. The van der Waals surface area contributed by atoms with Crippen molar-refractivity contribution in [1.29, 1.82) is 0 Å². The van der Waals surface area contributed by atoms with Crippen molar-refractivity contribution in [3.8, 4) is 0 Å². The van der Waals surface area contributed by atoms with Crippen LogP contribution in [0.15, 0.2) is 30.5 Å². The molecule has 0 amide bonds. The maximum atomic E-state index is 13.4. The molecule has 0 radical (unpaired) electrons. The summed E-state index contributed by atoms with van der Waals surface area (Å²) >= 11 is 0. The number of anilines is 2. The molecular weight excluding hydrogens is 426 g/mol. The first-order valence-electron chi connectivity index (χ1n) is 9.54. The molecule has 1 aliphatic carbocycles. The van der Waals surface area contributed by atoms with Crippen LogP contribution >= 0.6 is 0 Å². The second kappa shape index (κ2) is 8.18. The smallest absolute Gasteiger partial charge is 0.396 e. The molecule has 2 aromatic rings. The van der Waals surface area contributed by atoms with Crippen molar-refractivity contribution < 1.29 is 31.4 Å². The minimum Gasteiger partial charge on any atom is -0.396 e. The number of benzene rings is 1. The zero-order valence-corrected chi connectivity index (χ0v) is 16.8. The van der Waals surface area contributed by atoms with E-state index >= 15 is 0 Å². The molecule has 0 spiro atoms. The molecule has 1 fully saturated rings. The Labute approximate surface area is 174 Å². The molecule has 1 heterocycles. The van der Waals surface area contributed by atoms with Crippen LogP contribution in [0.5, 0.6) is 0 Å². The van der Waals surface area contributed by atoms with E-state index < -0.39 is 34.7 Å². The molecular formula is C20H22F6N4O. The van der Waals surface area contributed by atoms with Gasteiger partial charge in [-0.05, 0) is 29.4 Å². The molecule has 0 unspecified atom stereocenters. The Hall–Kier alpha value is -2.56. The quantitative estimate of drug-likeness (QED) is 0.546. The number of hydrogen-bond acceptors (Lipinski definition) is 5. The summed E-state index contributed by atoms with van der Waals surface area (Å²) in [5.74, 6) is -0.746. The van der Waals surface area contributed by atoms with Gasteiger partial charge >= 0.3 is 12.4 Å². The summed E-state index contributed by atoms with van der Waals surface area (Å²) < 4.78 is 79.7. The number of aliphatic hydroxyl groups excluding tert-OH is 1. The fourth-order valence-corrected chi connectivity index (χ4v) is 3.65. The van der Waals surface area contributed by atoms with E-state index in [0.717, 1.165) is 6.07 Å². The molecule has 3 N–H and O–H groups in total. The Kier molecular flexibility index (Phi) is 6.09. The lowest BCUT2D eigenvalue weighted by molar-refractivity contribution is -0.138. The molecule has 0 bridgehead atoms. The van der Waals surface area contributed by atoms with Gasteiger partial charge in [-0.25, -0.2) is 4.98 Å². The maximum Gasteiger partial charge on any atom is 0.421 e. The second-order valence-corrected chi connectivity index (χ2v) is 8.10. The minimum atomic E-state index is -4.71. The predicted octanol–water partition coefficient (Wildman–Crippen LogP) is 4.95. The average Bonchev–Trinajstić information content (AvgIpc) is 2.68. The number of alkyl halides is 6. The summed E-state index contributed by atoms with van der Waals surface area (Å²) in [6.45, 7) is 3.27. The van der Waals surface area contributed by atoms with E-state index in [4.69, 9.17) is 0 Å². The molecule has 1 saturated carbocycles. The lowest BCUT2D eigenvalue weighted by atomic mass is 9.59. The topological polar surface area (TPSA) is 70.1 Å². The Morgan fingerprint density at radius 1 is 1.06 bits per heavy atom. The number of halogens is 6. The Balaban J connectivity index is 1.83. The third-order valence-electron chi connectivity index (χ3n) is 5.86. The van der Waals surface area contributed by atoms with E-state index in [9.17, 15) is 31.4 Å². The van der Waals surface area contributed by atoms with Gasteiger partial charge in [0, 0.05) is 25.4 Å². The van der Waals surface area contributed by atoms with Gasteiger partial charge in [-0.3, -0.25) is 0 Å². The van der Waals surface area contributed by atoms with Crippen molar-refractivity contribution in [1.82, 2.24) is 9.97 Å². The van der Waals surface area contributed by atoms with Gasteiger partial charge in [-0.1, -0.05) is 32.0 Å². The normalized spacial score (nSPS) is 20.8. The summed E-state index contributed by atoms with van der Waals surface area (Å²) in [6.07, 6.45) is -8.21. The molecule has 3 rings (SSSR count). The highest BCUT2D eigenvalue weighted by molar-refractivity contribution is 5.50. The van der Waals surface area contributed by atoms with Crippen molar-refractivity contribution in [2.75, 3.05) is 17.2 Å². The van der Waals surface area contributed by atoms with Gasteiger partial charge in [0.25, 0.3) is 0 Å². The van der Waals surface area contributed by atoms with Crippen LogP contribution in [-0.4, -0.2) is 27.7 Å². The minimum absolute atomic E-state index is 0.0577. The van der Waals surface area contributed by atoms with E-state index in [2.05, 4.69) is 20.6 Å². The first kappa shape index (κ1) is 23.1. The summed E-state index contributed by atoms with van der Waals surface area (Å²) in [5.41, 5.74) is -2.46. The van der Waals surface area contributed by atoms with Crippen LogP contribution in [0.3, 0.4) is 0 Å². The van der Waals surface area contributed by atoms with Crippen molar-refractivity contribution in [2.24, 2.45) is 11.3 Å². The number of hydrogen-bond donors (Lipinski definition) is 3. The fourth-order valence-electron chi connectivity index (χ4n) is 3.65. The Morgan fingerprint density at radius 2 is 1.71 bits per heavy atom. The highest BCUT2D eigenvalue weighted by atomic mass is 19.4. The molecule has 0 aliphatic heterocycles. The largest absolute Gasteiger partial charge is 0.421 e. The van der Waals surface area contributed by atoms with Gasteiger partial charge in [0.05, 0.1) is 5.56 Å². The van der Waals surface area contributed by atoms with E-state index in [1.165, 1.54) is 18.2 Å². The molecule has 0 saturated heterocycles. The monoisotopic (exact) mass is 448 g/mol. The first-order chi connectivity index (χ1) is 14.3. The Morgan fingerprint density at radius 3 is 2.29 bits per heavy atom. The highest BCUT2D eigenvalue weighted by Crippen LogP contribution is 2.48. The van der Waals surface area contributed by atoms with Gasteiger partial charge in [0.2, 0.25) is 5.95 Å². The number of rotatable bonds is 6. The van der Waals surface area contributed by atoms with E-state index in [1.807, 2.05) is 13.8 Å². The fraction of sp³-hybridized carbons (Fsp3) is 0.500. The Bertz CT molecular complexity index is 929. The maximum absolute atomic E-state index is 13.4. The summed E-state index contributed by atoms with van der Waals surface area (Å²) in [4.78, 5) is 7.52. The van der Waals surface area contributed by atoms with E-state index in [0.29, 0.717) is 12.6 Å². The lowest BCUT2D eigenvalue weighted by Crippen LogP contribution is -2.55. The van der Waals surface area contributed by atoms with E-state index in [1.54, 1.807) is 0 Å². The zero-order valence-electron chi connectivity index (χ0n) is 16.8. The standard InChI is InChI=1S/C20H22F6N4O/c1-18(2)12(10-31)7-15(18)29-16-14(20(24,25)26)9-28-17(30-16)27-8-11-5-3-4-6-13(11)19(21,22)23/h3-6,9,12,15,31H,7-8,10H2,1-2H3,(H2,27,28,29,30)/t12-,15-/m0/s1. The van der Waals surface area contributed by atoms with Gasteiger partial charge in [0.1, 0.15) is 11.4 Å². The highest BCUT2D eigenvalue weighted by Gasteiger charge is 2.48. The summed E-state index contributed by atoms with van der Waals surface area (Å²) in [5, 5.41) is 14.7. The third kappa shape index (κ3) is 4.86. The zero-order chi connectivity index (χ0) is 23.0. The number of aromatic nitrogens is 2. The van der Waals surface area contributed by atoms with Crippen molar-refractivity contribution in [2.45, 2.75) is 45.2 Å². The second-order valence-electron chi connectivity index (χ2n) is 8.10. The van der Waals surface area contributed by atoms with Crippen LogP contribution < -0.4 is 10.6 Å². The van der Waals surface area contributed by atoms with Crippen molar-refractivity contribution >= 4 is 11.8 Å². The molecule has 11 heteroatoms. The van der Waals surface area contributed by atoms with Gasteiger partial charge in [0.15, 0.2) is 0 Å². The van der Waals surface area contributed by atoms with Crippen molar-refractivity contribution in [3.05, 3.63) is 47.2 Å². The number of nitrogens with one attached hydrogen (secondary N) is 2. The number of nitrogens with zero attached hydrogens (tertiary/aromatic N) is 2. The van der Waals surface area contributed by atoms with Crippen LogP contribution in [-0.2, 0) is 18.9 Å². The van der Waals surface area contributed by atoms with Crippen LogP contribution in [0.1, 0.15) is 37.0 Å². The average molecular weight is 448 g/mol. The van der Waals surface area contributed by atoms with E-state index in [-0.39, 0.29) is 36.6 Å². The van der Waals surface area contributed by atoms with Crippen LogP contribution in [0, 0.1) is 11.3 Å². The summed E-state index contributed by atoms with van der Waals surface area (Å²) in [7, 11) is 0. The predicted molar refractivity (Wildman–Crippen MR) is 102 cm³/mol. The molecule has 31 heavy (non-hydrogen) atoms. The van der Waals surface area contributed by atoms with Crippen LogP contribution in [0.25, 0.3) is 0 Å². The molecule has 1 aromatic carbocycles. The van der Waals surface area contributed by atoms with Gasteiger partial charge in [-0.15, -0.1) is 0 Å². The van der Waals surface area contributed by atoms with Gasteiger partial charge in [-0.2, -0.15) is 31.3 Å². The lowest BCUT2D eigenvalue weighted by Gasteiger charge is -2.52. The first-order valence-corrected chi connectivity index (χ1v) is 9.54. The third-order valence-corrected chi connectivity index (χ3v) is 5.86. The van der Waals surface area contributed by atoms with Crippen molar-refractivity contribution in [3.63, 3.8) is 0 Å². The van der Waals surface area contributed by atoms with Crippen LogP contribution in [0.2, 0.25) is 0 Å². The van der Waals surface area contributed by atoms with Gasteiger partial charge < -0.3 is 15.7 Å². The molecule has 170 valence electrons. The molecule has 1 aromatic heterocycles. The summed E-state index contributed by atoms with van der Waals surface area (Å²) in [6, 6.07) is 4.52.